The lowest BCUT2D eigenvalue weighted by Gasteiger charge is -2.35. The number of fused-ring (bicyclic) bond motifs is 2. The maximum atomic E-state index is 14.0. The number of thiophene rings is 1. The van der Waals surface area contributed by atoms with Gasteiger partial charge < -0.3 is 19.6 Å². The quantitative estimate of drug-likeness (QED) is 0.245. The summed E-state index contributed by atoms with van der Waals surface area (Å²) in [6.45, 7) is 4.09. The van der Waals surface area contributed by atoms with E-state index in [0.717, 1.165) is 6.26 Å². The van der Waals surface area contributed by atoms with Crippen molar-refractivity contribution in [2.75, 3.05) is 51.0 Å². The summed E-state index contributed by atoms with van der Waals surface area (Å²) in [7, 11) is -1.80. The van der Waals surface area contributed by atoms with E-state index in [1.807, 2.05) is 11.9 Å². The number of halogens is 1. The minimum Gasteiger partial charge on any atom is -0.491 e. The summed E-state index contributed by atoms with van der Waals surface area (Å²) in [6.07, 6.45) is 2.62. The highest BCUT2D eigenvalue weighted by Crippen LogP contribution is 2.40. The number of ether oxygens (including phenoxy) is 1. The van der Waals surface area contributed by atoms with Crippen molar-refractivity contribution in [3.8, 4) is 22.9 Å². The molecule has 0 bridgehead atoms. The van der Waals surface area contributed by atoms with Crippen LogP contribution in [-0.2, 0) is 16.4 Å². The predicted molar refractivity (Wildman–Crippen MR) is 181 cm³/mol. The molecule has 5 aromatic rings. The monoisotopic (exact) mass is 692 g/mol. The highest BCUT2D eigenvalue weighted by molar-refractivity contribution is 7.90. The first-order chi connectivity index (χ1) is 22.4. The van der Waals surface area contributed by atoms with Crippen LogP contribution in [0.2, 0.25) is 5.02 Å². The second kappa shape index (κ2) is 12.6. The molecule has 4 heterocycles. The molecule has 0 amide bonds. The summed E-state index contributed by atoms with van der Waals surface area (Å²) in [6, 6.07) is 10.4. The fourth-order valence-corrected chi connectivity index (χ4v) is 7.94. The Morgan fingerprint density at radius 2 is 1.91 bits per heavy atom. The van der Waals surface area contributed by atoms with Gasteiger partial charge in [-0.3, -0.25) is 14.3 Å². The van der Waals surface area contributed by atoms with Crippen molar-refractivity contribution < 1.29 is 23.1 Å². The van der Waals surface area contributed by atoms with Gasteiger partial charge in [-0.1, -0.05) is 11.6 Å². The van der Waals surface area contributed by atoms with Crippen LogP contribution >= 0.6 is 22.9 Å². The van der Waals surface area contributed by atoms with Crippen LogP contribution in [0, 0.1) is 18.3 Å². The van der Waals surface area contributed by atoms with Crippen LogP contribution in [0.5, 0.6) is 5.75 Å². The molecule has 0 aliphatic carbocycles. The molecule has 12 nitrogen and oxygen atoms in total. The maximum absolute atomic E-state index is 14.0. The van der Waals surface area contributed by atoms with E-state index in [1.165, 1.54) is 28.2 Å². The molecule has 2 aromatic carbocycles. The van der Waals surface area contributed by atoms with Gasteiger partial charge in [0.2, 0.25) is 0 Å². The van der Waals surface area contributed by atoms with E-state index in [1.54, 1.807) is 36.6 Å². The third-order valence-electron chi connectivity index (χ3n) is 8.20. The largest absolute Gasteiger partial charge is 0.491 e. The zero-order chi connectivity index (χ0) is 33.6. The molecule has 0 spiro atoms. The summed E-state index contributed by atoms with van der Waals surface area (Å²) >= 11 is 7.61. The number of carbonyl (C=O) groups is 1. The Balaban J connectivity index is 1.38. The number of hydrogen-bond donors (Lipinski definition) is 1. The fraction of sp³-hybridized carbons (Fsp3) is 0.281. The van der Waals surface area contributed by atoms with Crippen LogP contribution in [0.4, 0.5) is 5.69 Å². The van der Waals surface area contributed by atoms with Gasteiger partial charge >= 0.3 is 5.97 Å². The van der Waals surface area contributed by atoms with Gasteiger partial charge in [0.15, 0.2) is 9.84 Å². The molecule has 3 aromatic heterocycles. The number of nitrogens with zero attached hydrogens (tertiary/aromatic N) is 6. The number of nitriles is 1. The van der Waals surface area contributed by atoms with Crippen molar-refractivity contribution in [2.24, 2.45) is 0 Å². The van der Waals surface area contributed by atoms with Crippen LogP contribution in [0.15, 0.2) is 51.6 Å². The summed E-state index contributed by atoms with van der Waals surface area (Å²) < 4.78 is 34.1. The standard InChI is InChI=1S/C32H29ClN6O6S2/c1-18-36-24-15-26(47(3,43)44)29(38-10-8-37(2)9-11-38)22(16-34)27(24)31(40)39(18)12-13-45-25-5-4-19(33)14-21(25)20-6-7-35-28-23(32(41)42)17-46-30(20)28/h4-7,14-15,17H,8-13H2,1-3H3,(H,41,42). The average Bonchev–Trinajstić information content (AvgIpc) is 3.47. The highest BCUT2D eigenvalue weighted by Gasteiger charge is 2.29. The molecular formula is C32H29ClN6O6S2. The van der Waals surface area contributed by atoms with Gasteiger partial charge in [0, 0.05) is 60.2 Å². The van der Waals surface area contributed by atoms with E-state index >= 15 is 0 Å². The van der Waals surface area contributed by atoms with Gasteiger partial charge in [0.25, 0.3) is 5.56 Å². The van der Waals surface area contributed by atoms with Crippen LogP contribution in [0.1, 0.15) is 21.7 Å². The first-order valence-corrected chi connectivity index (χ1v) is 17.7. The number of likely N-dealkylation sites (N-methyl/N-ethyl adjacent to an activating group) is 1. The number of aromatic nitrogens is 3. The number of benzene rings is 2. The molecular weight excluding hydrogens is 664 g/mol. The van der Waals surface area contributed by atoms with Gasteiger partial charge in [-0.25, -0.2) is 18.2 Å². The third-order valence-corrected chi connectivity index (χ3v) is 10.5. The van der Waals surface area contributed by atoms with Gasteiger partial charge in [0.1, 0.15) is 24.3 Å². The lowest BCUT2D eigenvalue weighted by atomic mass is 10.0. The van der Waals surface area contributed by atoms with Crippen LogP contribution in [0.25, 0.3) is 32.2 Å². The number of piperazine rings is 1. The molecule has 0 unspecified atom stereocenters. The summed E-state index contributed by atoms with van der Waals surface area (Å²) in [5, 5.41) is 22.0. The second-order valence-electron chi connectivity index (χ2n) is 11.3. The molecule has 6 rings (SSSR count). The molecule has 1 fully saturated rings. The Labute approximate surface area is 278 Å². The second-order valence-corrected chi connectivity index (χ2v) is 14.6. The number of rotatable bonds is 8. The third kappa shape index (κ3) is 6.03. The van der Waals surface area contributed by atoms with E-state index < -0.39 is 21.4 Å². The Kier molecular flexibility index (Phi) is 8.66. The smallest absolute Gasteiger partial charge is 0.338 e. The predicted octanol–water partition coefficient (Wildman–Crippen LogP) is 4.44. The molecule has 15 heteroatoms. The minimum absolute atomic E-state index is 0.0157. The summed E-state index contributed by atoms with van der Waals surface area (Å²) in [4.78, 5) is 38.5. The van der Waals surface area contributed by atoms with Crippen molar-refractivity contribution in [3.63, 3.8) is 0 Å². The number of hydrogen-bond acceptors (Lipinski definition) is 11. The maximum Gasteiger partial charge on any atom is 0.338 e. The molecule has 0 radical (unpaired) electrons. The Bertz CT molecular complexity index is 2290. The summed E-state index contributed by atoms with van der Waals surface area (Å²) in [5.74, 6) is -0.288. The first-order valence-electron chi connectivity index (χ1n) is 14.5. The molecule has 47 heavy (non-hydrogen) atoms. The first kappa shape index (κ1) is 32.4. The van der Waals surface area contributed by atoms with Crippen molar-refractivity contribution in [2.45, 2.75) is 18.4 Å². The van der Waals surface area contributed by atoms with Gasteiger partial charge in [0.05, 0.1) is 49.4 Å². The van der Waals surface area contributed by atoms with Gasteiger partial charge in [-0.15, -0.1) is 11.3 Å². The van der Waals surface area contributed by atoms with Crippen LogP contribution in [0.3, 0.4) is 0 Å². The molecule has 0 saturated carbocycles. The van der Waals surface area contributed by atoms with Gasteiger partial charge in [-0.2, -0.15) is 5.26 Å². The number of aromatic carboxylic acids is 1. The van der Waals surface area contributed by atoms with Crippen molar-refractivity contribution in [1.29, 1.82) is 5.26 Å². The van der Waals surface area contributed by atoms with Crippen LogP contribution < -0.4 is 15.2 Å². The fourth-order valence-electron chi connectivity index (χ4n) is 5.84. The molecule has 242 valence electrons. The number of carboxylic acids is 1. The zero-order valence-electron chi connectivity index (χ0n) is 25.7. The van der Waals surface area contributed by atoms with Gasteiger partial charge in [-0.05, 0) is 44.3 Å². The van der Waals surface area contributed by atoms with Crippen molar-refractivity contribution in [1.82, 2.24) is 19.4 Å². The minimum atomic E-state index is -3.76. The SMILES string of the molecule is Cc1nc2cc(S(C)(=O)=O)c(N3CCN(C)CC3)c(C#N)c2c(=O)n1CCOc1ccc(Cl)cc1-c1ccnc2c(C(=O)O)csc12. The highest BCUT2D eigenvalue weighted by atomic mass is 35.5. The Hall–Kier alpha value is -4.55. The lowest BCUT2D eigenvalue weighted by molar-refractivity contribution is 0.0699. The molecule has 1 aliphatic heterocycles. The normalized spacial score (nSPS) is 14.1. The zero-order valence-corrected chi connectivity index (χ0v) is 28.0. The Morgan fingerprint density at radius 1 is 1.17 bits per heavy atom. The van der Waals surface area contributed by atoms with E-state index in [2.05, 4.69) is 20.9 Å². The Morgan fingerprint density at radius 3 is 2.60 bits per heavy atom. The number of pyridine rings is 1. The summed E-state index contributed by atoms with van der Waals surface area (Å²) in [5.41, 5.74) is 1.66. The number of anilines is 1. The van der Waals surface area contributed by atoms with E-state index in [-0.39, 0.29) is 45.8 Å². The van der Waals surface area contributed by atoms with E-state index in [9.17, 15) is 28.4 Å². The number of carboxylic acid groups (broad SMARTS) is 1. The molecule has 1 aliphatic rings. The molecule has 0 atom stereocenters. The van der Waals surface area contributed by atoms with Crippen molar-refractivity contribution in [3.05, 3.63) is 74.2 Å². The average molecular weight is 693 g/mol. The molecule has 1 N–H and O–H groups in total. The number of sulfone groups is 1. The van der Waals surface area contributed by atoms with E-state index in [0.29, 0.717) is 64.1 Å². The van der Waals surface area contributed by atoms with Crippen molar-refractivity contribution >= 4 is 65.6 Å². The number of aryl methyl sites for hydroxylation is 1. The van der Waals surface area contributed by atoms with E-state index in [4.69, 9.17) is 16.3 Å². The van der Waals surface area contributed by atoms with Crippen LogP contribution in [-0.4, -0.2) is 85.0 Å². The topological polar surface area (TPSA) is 159 Å². The lowest BCUT2D eigenvalue weighted by Crippen LogP contribution is -2.45. The molecule has 1 saturated heterocycles.